The van der Waals surface area contributed by atoms with Gasteiger partial charge in [-0.2, -0.15) is 36.9 Å². The summed E-state index contributed by atoms with van der Waals surface area (Å²) in [4.78, 5) is 7.30. The number of halogens is 7. The second-order valence-corrected chi connectivity index (χ2v) is 7.82. The Morgan fingerprint density at radius 3 is 1.56 bits per heavy atom. The van der Waals surface area contributed by atoms with Crippen LogP contribution in [-0.2, 0) is 12.4 Å². The summed E-state index contributed by atoms with van der Waals surface area (Å²) in [6.07, 6.45) is -6.49. The van der Waals surface area contributed by atoms with Crippen molar-refractivity contribution in [2.24, 2.45) is 0 Å². The number of ether oxygens (including phenoxy) is 3. The number of methoxy groups -OCH3 is 2. The zero-order valence-corrected chi connectivity index (χ0v) is 22.0. The molecule has 2 heterocycles. The molecule has 0 bridgehead atoms. The van der Waals surface area contributed by atoms with Gasteiger partial charge in [0.1, 0.15) is 35.0 Å². The summed E-state index contributed by atoms with van der Waals surface area (Å²) in [6, 6.07) is 14.1. The van der Waals surface area contributed by atoms with Crippen molar-refractivity contribution in [2.75, 3.05) is 14.2 Å². The van der Waals surface area contributed by atoms with Gasteiger partial charge >= 0.3 is 12.4 Å². The highest BCUT2D eigenvalue weighted by molar-refractivity contribution is 5.44. The van der Waals surface area contributed by atoms with Crippen LogP contribution in [-0.4, -0.2) is 29.3 Å². The minimum atomic E-state index is -4.40. The Hall–Kier alpha value is -5.57. The fourth-order valence-electron chi connectivity index (χ4n) is 2.85. The smallest absolute Gasteiger partial charge is 0.416 e. The molecule has 0 atom stereocenters. The summed E-state index contributed by atoms with van der Waals surface area (Å²) in [5.41, 5.74) is -1.23. The number of phenols is 1. The maximum absolute atomic E-state index is 12.6. The first-order valence-electron chi connectivity index (χ1n) is 11.5. The number of aromatic hydroxyl groups is 1. The van der Waals surface area contributed by atoms with E-state index in [1.54, 1.807) is 6.07 Å². The van der Waals surface area contributed by atoms with Gasteiger partial charge in [-0.1, -0.05) is 0 Å². The molecule has 4 aromatic rings. The Kier molecular flexibility index (Phi) is 11.6. The average Bonchev–Trinajstić information content (AvgIpc) is 2.98. The molecule has 0 saturated carbocycles. The van der Waals surface area contributed by atoms with Gasteiger partial charge in [-0.25, -0.2) is 14.4 Å². The molecule has 0 aliphatic heterocycles. The summed E-state index contributed by atoms with van der Waals surface area (Å²) in [6.45, 7) is 0. The largest absolute Gasteiger partial charge is 0.508 e. The van der Waals surface area contributed by atoms with E-state index in [9.17, 15) is 30.7 Å². The number of hydrogen-bond donors (Lipinski definition) is 1. The molecule has 0 aliphatic rings. The summed E-state index contributed by atoms with van der Waals surface area (Å²) in [5, 5.41) is 25.7. The molecule has 0 fully saturated rings. The number of benzene rings is 2. The SMILES string of the molecule is COc1cc(C#N)ncc1F.COc1cc(C#N)ncc1Oc1ccc(C(F)(F)F)cc1.Oc1ccc(C(F)(F)F)cc1. The van der Waals surface area contributed by atoms with Gasteiger partial charge < -0.3 is 19.3 Å². The minimum Gasteiger partial charge on any atom is -0.508 e. The lowest BCUT2D eigenvalue weighted by molar-refractivity contribution is -0.138. The number of pyridine rings is 2. The van der Waals surface area contributed by atoms with E-state index in [0.717, 1.165) is 42.6 Å². The predicted octanol–water partition coefficient (Wildman–Crippen LogP) is 7.28. The molecule has 0 aliphatic carbocycles. The highest BCUT2D eigenvalue weighted by atomic mass is 19.4. The first-order valence-corrected chi connectivity index (χ1v) is 11.5. The molecule has 0 spiro atoms. The monoisotopic (exact) mass is 608 g/mol. The number of alkyl halides is 6. The summed E-state index contributed by atoms with van der Waals surface area (Å²) >= 11 is 0. The highest BCUT2D eigenvalue weighted by Crippen LogP contribution is 2.34. The highest BCUT2D eigenvalue weighted by Gasteiger charge is 2.30. The van der Waals surface area contributed by atoms with Crippen LogP contribution in [0.5, 0.6) is 28.7 Å². The minimum absolute atomic E-state index is 0.0385. The second kappa shape index (κ2) is 14.9. The van der Waals surface area contributed by atoms with Crippen LogP contribution in [0.25, 0.3) is 0 Å². The normalized spacial score (nSPS) is 10.5. The lowest BCUT2D eigenvalue weighted by Crippen LogP contribution is -2.04. The van der Waals surface area contributed by atoms with Crippen LogP contribution in [0, 0.1) is 28.5 Å². The molecule has 224 valence electrons. The van der Waals surface area contributed by atoms with Gasteiger partial charge in [0.05, 0.1) is 37.7 Å². The molecule has 4 rings (SSSR count). The fourth-order valence-corrected chi connectivity index (χ4v) is 2.85. The summed E-state index contributed by atoms with van der Waals surface area (Å²) in [5.74, 6) is -0.0217. The van der Waals surface area contributed by atoms with Gasteiger partial charge in [-0.15, -0.1) is 0 Å². The molecule has 2 aromatic heterocycles. The van der Waals surface area contributed by atoms with Crippen molar-refractivity contribution in [2.45, 2.75) is 12.4 Å². The van der Waals surface area contributed by atoms with Gasteiger partial charge in [0, 0.05) is 12.1 Å². The Balaban J connectivity index is 0.000000247. The predicted molar refractivity (Wildman–Crippen MR) is 136 cm³/mol. The van der Waals surface area contributed by atoms with Gasteiger partial charge in [0.2, 0.25) is 0 Å². The standard InChI is InChI=1S/C14H9F3N2O2.C7H5F3O.C7H5FN2O/c1-20-12-6-10(7-18)19-8-13(12)21-11-4-2-9(3-5-11)14(15,16)17;8-7(9,10)5-1-3-6(11)4-2-5;1-11-7-2-5(3-9)10-4-6(7)8/h2-6,8H,1H3;1-4,11H;2,4H,1H3. The topological polar surface area (TPSA) is 121 Å². The number of nitriles is 2. The lowest BCUT2D eigenvalue weighted by Gasteiger charge is -2.11. The van der Waals surface area contributed by atoms with E-state index in [1.807, 2.05) is 6.07 Å². The number of aromatic nitrogens is 2. The van der Waals surface area contributed by atoms with Crippen molar-refractivity contribution >= 4 is 0 Å². The van der Waals surface area contributed by atoms with Crippen LogP contribution in [0.15, 0.2) is 73.1 Å². The lowest BCUT2D eigenvalue weighted by atomic mass is 10.2. The van der Waals surface area contributed by atoms with Crippen LogP contribution in [0.1, 0.15) is 22.5 Å². The maximum atomic E-state index is 12.6. The summed E-state index contributed by atoms with van der Waals surface area (Å²) < 4.78 is 101. The molecular formula is C28H19F7N4O4. The average molecular weight is 608 g/mol. The Morgan fingerprint density at radius 2 is 1.12 bits per heavy atom. The molecule has 8 nitrogen and oxygen atoms in total. The third-order valence-electron chi connectivity index (χ3n) is 4.92. The third kappa shape index (κ3) is 10.4. The zero-order valence-electron chi connectivity index (χ0n) is 22.0. The number of rotatable bonds is 4. The number of nitrogens with zero attached hydrogens (tertiary/aromatic N) is 4. The van der Waals surface area contributed by atoms with Crippen LogP contribution in [0.2, 0.25) is 0 Å². The Bertz CT molecular complexity index is 1580. The van der Waals surface area contributed by atoms with E-state index in [-0.39, 0.29) is 40.1 Å². The number of hydrogen-bond acceptors (Lipinski definition) is 8. The van der Waals surface area contributed by atoms with E-state index in [1.165, 1.54) is 44.7 Å². The van der Waals surface area contributed by atoms with Crippen LogP contribution >= 0.6 is 0 Å². The Morgan fingerprint density at radius 1 is 0.674 bits per heavy atom. The molecule has 0 radical (unpaired) electrons. The van der Waals surface area contributed by atoms with E-state index >= 15 is 0 Å². The van der Waals surface area contributed by atoms with Crippen molar-refractivity contribution in [1.29, 1.82) is 10.5 Å². The van der Waals surface area contributed by atoms with Crippen molar-refractivity contribution in [3.05, 3.63) is 101 Å². The number of phenolic OH excluding ortho intramolecular Hbond substituents is 1. The van der Waals surface area contributed by atoms with E-state index in [2.05, 4.69) is 14.7 Å². The van der Waals surface area contributed by atoms with Crippen molar-refractivity contribution in [3.63, 3.8) is 0 Å². The van der Waals surface area contributed by atoms with Crippen molar-refractivity contribution in [3.8, 4) is 40.9 Å². The molecule has 15 heteroatoms. The van der Waals surface area contributed by atoms with Crippen LogP contribution in [0.3, 0.4) is 0 Å². The van der Waals surface area contributed by atoms with E-state index in [0.29, 0.717) is 0 Å². The first kappa shape index (κ1) is 33.6. The molecule has 0 saturated heterocycles. The van der Waals surface area contributed by atoms with Gasteiger partial charge in [-0.3, -0.25) is 0 Å². The first-order chi connectivity index (χ1) is 20.2. The molecule has 1 N–H and O–H groups in total. The quantitative estimate of drug-likeness (QED) is 0.240. The molecular weight excluding hydrogens is 589 g/mol. The van der Waals surface area contributed by atoms with Crippen molar-refractivity contribution in [1.82, 2.24) is 9.97 Å². The second-order valence-electron chi connectivity index (χ2n) is 7.82. The van der Waals surface area contributed by atoms with Crippen LogP contribution < -0.4 is 14.2 Å². The van der Waals surface area contributed by atoms with Gasteiger partial charge in [0.25, 0.3) is 0 Å². The summed E-state index contributed by atoms with van der Waals surface area (Å²) in [7, 11) is 2.72. The molecule has 0 amide bonds. The molecule has 2 aromatic carbocycles. The van der Waals surface area contributed by atoms with Crippen molar-refractivity contribution < 1.29 is 50.1 Å². The van der Waals surface area contributed by atoms with Gasteiger partial charge in [-0.05, 0) is 48.5 Å². The molecule has 0 unspecified atom stereocenters. The van der Waals surface area contributed by atoms with E-state index < -0.39 is 29.3 Å². The Labute approximate surface area is 239 Å². The maximum Gasteiger partial charge on any atom is 0.416 e. The molecule has 43 heavy (non-hydrogen) atoms. The van der Waals surface area contributed by atoms with E-state index in [4.69, 9.17) is 25.1 Å². The zero-order chi connectivity index (χ0) is 32.2. The van der Waals surface area contributed by atoms with Crippen LogP contribution in [0.4, 0.5) is 30.7 Å². The fraction of sp³-hybridized carbons (Fsp3) is 0.143. The van der Waals surface area contributed by atoms with Gasteiger partial charge in [0.15, 0.2) is 23.1 Å². The third-order valence-corrected chi connectivity index (χ3v) is 4.92.